The minimum atomic E-state index is -0.589. The molecule has 0 aliphatic heterocycles. The summed E-state index contributed by atoms with van der Waals surface area (Å²) in [4.78, 5) is 9.85. The van der Waals surface area contributed by atoms with E-state index >= 15 is 0 Å². The van der Waals surface area contributed by atoms with E-state index in [-0.39, 0.29) is 10.8 Å². The van der Waals surface area contributed by atoms with Gasteiger partial charge in [0.2, 0.25) is 0 Å². The Morgan fingerprint density at radius 1 is 1.67 bits per heavy atom. The second kappa shape index (κ2) is 5.67. The van der Waals surface area contributed by atoms with Crippen LogP contribution in [-0.2, 0) is 11.3 Å². The summed E-state index contributed by atoms with van der Waals surface area (Å²) in [6, 6.07) is 0. The summed E-state index contributed by atoms with van der Waals surface area (Å²) in [5, 5.41) is 14.3. The normalized spacial score (nSPS) is 10.5. The van der Waals surface area contributed by atoms with Gasteiger partial charge in [0.1, 0.15) is 0 Å². The predicted molar refractivity (Wildman–Crippen MR) is 55.0 cm³/mol. The SMILES string of the molecule is COCCCCn1cc(Cl)c([N+](=O)[O-])n1. The van der Waals surface area contributed by atoms with Crippen LogP contribution >= 0.6 is 11.6 Å². The smallest absolute Gasteiger partial charge is 0.385 e. The molecule has 7 heteroatoms. The van der Waals surface area contributed by atoms with Crippen molar-refractivity contribution in [1.82, 2.24) is 9.78 Å². The molecule has 1 aromatic rings. The number of aromatic nitrogens is 2. The van der Waals surface area contributed by atoms with Crippen LogP contribution in [0.25, 0.3) is 0 Å². The van der Waals surface area contributed by atoms with Crippen molar-refractivity contribution in [2.75, 3.05) is 13.7 Å². The molecule has 0 unspecified atom stereocenters. The van der Waals surface area contributed by atoms with Crippen LogP contribution in [0, 0.1) is 10.1 Å². The van der Waals surface area contributed by atoms with E-state index in [1.54, 1.807) is 7.11 Å². The standard InChI is InChI=1S/C8H12ClN3O3/c1-15-5-3-2-4-11-6-7(9)8(10-11)12(13)14/h6H,2-5H2,1H3. The van der Waals surface area contributed by atoms with Gasteiger partial charge in [0.15, 0.2) is 5.02 Å². The summed E-state index contributed by atoms with van der Waals surface area (Å²) in [6.45, 7) is 1.29. The van der Waals surface area contributed by atoms with Gasteiger partial charge in [0, 0.05) is 13.7 Å². The third-order valence-corrected chi connectivity index (χ3v) is 2.12. The Hall–Kier alpha value is -1.14. The molecule has 6 nitrogen and oxygen atoms in total. The highest BCUT2D eigenvalue weighted by Gasteiger charge is 2.18. The summed E-state index contributed by atoms with van der Waals surface area (Å²) in [6.07, 6.45) is 3.21. The molecule has 0 amide bonds. The molecule has 84 valence electrons. The maximum absolute atomic E-state index is 10.4. The van der Waals surface area contributed by atoms with Crippen molar-refractivity contribution in [2.45, 2.75) is 19.4 Å². The summed E-state index contributed by atoms with van der Waals surface area (Å²) in [5.74, 6) is -0.289. The van der Waals surface area contributed by atoms with Gasteiger partial charge in [-0.15, -0.1) is 0 Å². The Morgan fingerprint density at radius 3 is 2.93 bits per heavy atom. The van der Waals surface area contributed by atoms with Crippen LogP contribution in [0.15, 0.2) is 6.20 Å². The third-order valence-electron chi connectivity index (χ3n) is 1.86. The molecule has 0 aliphatic rings. The first-order valence-corrected chi connectivity index (χ1v) is 4.89. The topological polar surface area (TPSA) is 70.2 Å². The predicted octanol–water partition coefficient (Wildman–Crippen LogP) is 1.87. The molecule has 0 atom stereocenters. The van der Waals surface area contributed by atoms with E-state index in [0.29, 0.717) is 13.2 Å². The zero-order chi connectivity index (χ0) is 11.3. The van der Waals surface area contributed by atoms with E-state index in [9.17, 15) is 10.1 Å². The zero-order valence-electron chi connectivity index (χ0n) is 8.35. The van der Waals surface area contributed by atoms with Crippen molar-refractivity contribution in [3.63, 3.8) is 0 Å². The summed E-state index contributed by atoms with van der Waals surface area (Å²) < 4.78 is 6.37. The molecule has 0 aromatic carbocycles. The van der Waals surface area contributed by atoms with Crippen molar-refractivity contribution >= 4 is 17.4 Å². The first kappa shape index (κ1) is 11.9. The molecule has 1 aromatic heterocycles. The fourth-order valence-corrected chi connectivity index (χ4v) is 1.36. The van der Waals surface area contributed by atoms with Gasteiger partial charge in [0.25, 0.3) is 0 Å². The van der Waals surface area contributed by atoms with Gasteiger partial charge < -0.3 is 14.9 Å². The first-order chi connectivity index (χ1) is 7.15. The quantitative estimate of drug-likeness (QED) is 0.427. The Morgan fingerprint density at radius 2 is 2.40 bits per heavy atom. The number of ether oxygens (including phenoxy) is 1. The fraction of sp³-hybridized carbons (Fsp3) is 0.625. The van der Waals surface area contributed by atoms with Gasteiger partial charge in [-0.05, 0) is 17.8 Å². The number of nitrogens with zero attached hydrogens (tertiary/aromatic N) is 3. The molecule has 0 N–H and O–H groups in total. The van der Waals surface area contributed by atoms with Crippen LogP contribution in [0.4, 0.5) is 5.82 Å². The van der Waals surface area contributed by atoms with E-state index in [4.69, 9.17) is 16.3 Å². The van der Waals surface area contributed by atoms with Gasteiger partial charge in [-0.25, -0.2) is 0 Å². The molecular weight excluding hydrogens is 222 g/mol. The molecule has 0 saturated heterocycles. The lowest BCUT2D eigenvalue weighted by Gasteiger charge is -1.96. The second-order valence-corrected chi connectivity index (χ2v) is 3.43. The third kappa shape index (κ3) is 3.49. The maximum Gasteiger partial charge on any atom is 0.408 e. The number of hydrogen-bond acceptors (Lipinski definition) is 4. The van der Waals surface area contributed by atoms with Crippen molar-refractivity contribution in [1.29, 1.82) is 0 Å². The average Bonchev–Trinajstić information content (AvgIpc) is 2.55. The van der Waals surface area contributed by atoms with Gasteiger partial charge in [-0.3, -0.25) is 0 Å². The molecule has 0 saturated carbocycles. The number of hydrogen-bond donors (Lipinski definition) is 0. The summed E-state index contributed by atoms with van der Waals surface area (Å²) in [5.41, 5.74) is 0. The van der Waals surface area contributed by atoms with Crippen LogP contribution in [0.2, 0.25) is 5.02 Å². The number of aryl methyl sites for hydroxylation is 1. The van der Waals surface area contributed by atoms with Gasteiger partial charge in [-0.1, -0.05) is 11.6 Å². The monoisotopic (exact) mass is 233 g/mol. The lowest BCUT2D eigenvalue weighted by Crippen LogP contribution is -2.01. The molecule has 0 spiro atoms. The Balaban J connectivity index is 2.48. The molecule has 1 rings (SSSR count). The second-order valence-electron chi connectivity index (χ2n) is 3.02. The summed E-state index contributed by atoms with van der Waals surface area (Å²) >= 11 is 5.63. The van der Waals surface area contributed by atoms with Gasteiger partial charge >= 0.3 is 5.82 Å². The summed E-state index contributed by atoms with van der Waals surface area (Å²) in [7, 11) is 1.63. The van der Waals surface area contributed by atoms with Crippen LogP contribution in [0.3, 0.4) is 0 Å². The number of rotatable bonds is 6. The van der Waals surface area contributed by atoms with Crippen LogP contribution < -0.4 is 0 Å². The van der Waals surface area contributed by atoms with Crippen LogP contribution in [0.1, 0.15) is 12.8 Å². The highest BCUT2D eigenvalue weighted by atomic mass is 35.5. The minimum Gasteiger partial charge on any atom is -0.385 e. The molecule has 0 bridgehead atoms. The van der Waals surface area contributed by atoms with Gasteiger partial charge in [0.05, 0.1) is 17.8 Å². The molecule has 0 radical (unpaired) electrons. The van der Waals surface area contributed by atoms with Crippen molar-refractivity contribution in [3.8, 4) is 0 Å². The number of methoxy groups -OCH3 is 1. The van der Waals surface area contributed by atoms with Crippen molar-refractivity contribution < 1.29 is 9.66 Å². The fourth-order valence-electron chi connectivity index (χ4n) is 1.15. The molecule has 0 aliphatic carbocycles. The van der Waals surface area contributed by atoms with Crippen molar-refractivity contribution in [3.05, 3.63) is 21.3 Å². The Labute approximate surface area is 91.9 Å². The highest BCUT2D eigenvalue weighted by Crippen LogP contribution is 2.21. The van der Waals surface area contributed by atoms with E-state index in [1.165, 1.54) is 10.9 Å². The Bertz CT molecular complexity index is 340. The number of unbranched alkanes of at least 4 members (excludes halogenated alkanes) is 1. The number of nitro groups is 1. The zero-order valence-corrected chi connectivity index (χ0v) is 9.11. The van der Waals surface area contributed by atoms with Crippen LogP contribution in [-0.4, -0.2) is 28.4 Å². The lowest BCUT2D eigenvalue weighted by molar-refractivity contribution is -0.389. The molecule has 0 fully saturated rings. The largest absolute Gasteiger partial charge is 0.408 e. The van der Waals surface area contributed by atoms with E-state index in [1.807, 2.05) is 0 Å². The molecule has 1 heterocycles. The lowest BCUT2D eigenvalue weighted by atomic mass is 10.3. The highest BCUT2D eigenvalue weighted by molar-refractivity contribution is 6.32. The van der Waals surface area contributed by atoms with Gasteiger partial charge in [-0.2, -0.15) is 4.68 Å². The van der Waals surface area contributed by atoms with E-state index in [0.717, 1.165) is 12.8 Å². The first-order valence-electron chi connectivity index (χ1n) is 4.51. The Kier molecular flexibility index (Phi) is 4.51. The number of halogens is 1. The molecular formula is C8H12ClN3O3. The van der Waals surface area contributed by atoms with E-state index < -0.39 is 4.92 Å². The average molecular weight is 234 g/mol. The minimum absolute atomic E-state index is 0.0757. The van der Waals surface area contributed by atoms with E-state index in [2.05, 4.69) is 5.10 Å². The van der Waals surface area contributed by atoms with Crippen molar-refractivity contribution in [2.24, 2.45) is 0 Å². The molecule has 15 heavy (non-hydrogen) atoms. The van der Waals surface area contributed by atoms with Crippen LogP contribution in [0.5, 0.6) is 0 Å². The maximum atomic E-state index is 10.4.